The highest BCUT2D eigenvalue weighted by molar-refractivity contribution is 8.00. The van der Waals surface area contributed by atoms with Gasteiger partial charge in [-0.2, -0.15) is 0 Å². The van der Waals surface area contributed by atoms with Gasteiger partial charge in [0, 0.05) is 34.2 Å². The summed E-state index contributed by atoms with van der Waals surface area (Å²) in [5.41, 5.74) is 2.37. The van der Waals surface area contributed by atoms with Crippen LogP contribution in [0.15, 0.2) is 114 Å². The summed E-state index contributed by atoms with van der Waals surface area (Å²) in [5.74, 6) is -0.409. The Bertz CT molecular complexity index is 1530. The minimum absolute atomic E-state index is 0.0633. The summed E-state index contributed by atoms with van der Waals surface area (Å²) in [6.07, 6.45) is 5.44. The predicted molar refractivity (Wildman–Crippen MR) is 163 cm³/mol. The maximum Gasteiger partial charge on any atom is 0.272 e. The maximum absolute atomic E-state index is 13.4. The summed E-state index contributed by atoms with van der Waals surface area (Å²) in [6, 6.07) is 26.5. The number of anilines is 2. The smallest absolute Gasteiger partial charge is 0.272 e. The van der Waals surface area contributed by atoms with Gasteiger partial charge in [-0.15, -0.1) is 11.8 Å². The van der Waals surface area contributed by atoms with E-state index in [4.69, 9.17) is 4.74 Å². The van der Waals surface area contributed by atoms with E-state index in [2.05, 4.69) is 20.9 Å². The molecule has 0 aliphatic heterocycles. The molecule has 1 unspecified atom stereocenters. The number of carbonyl (C=O) groups excluding carboxylic acids is 3. The summed E-state index contributed by atoms with van der Waals surface area (Å²) in [7, 11) is 1.56. The SMILES string of the molecule is CCC(Sc1cccc(NC(=O)/C(=C/c2cccc(OC)c2)NC(=O)c2ccccc2)c1)C(=O)Nc1ccncc1. The molecular formula is C32H30N4O4S. The molecule has 0 saturated carbocycles. The molecule has 1 heterocycles. The number of thioether (sulfide) groups is 1. The number of aromatic nitrogens is 1. The van der Waals surface area contributed by atoms with Gasteiger partial charge in [-0.1, -0.05) is 43.3 Å². The molecule has 9 heteroatoms. The summed E-state index contributed by atoms with van der Waals surface area (Å²) in [4.78, 5) is 44.0. The van der Waals surface area contributed by atoms with Crippen LogP contribution in [0.3, 0.4) is 0 Å². The number of rotatable bonds is 11. The summed E-state index contributed by atoms with van der Waals surface area (Å²) < 4.78 is 5.30. The first-order valence-electron chi connectivity index (χ1n) is 13.0. The van der Waals surface area contributed by atoms with Gasteiger partial charge >= 0.3 is 0 Å². The fraction of sp³-hybridized carbons (Fsp3) is 0.125. The molecule has 0 aliphatic carbocycles. The average Bonchev–Trinajstić information content (AvgIpc) is 3.00. The predicted octanol–water partition coefficient (Wildman–Crippen LogP) is 6.01. The third-order valence-corrected chi connectivity index (χ3v) is 7.27. The van der Waals surface area contributed by atoms with E-state index in [-0.39, 0.29) is 16.9 Å². The molecule has 0 fully saturated rings. The quantitative estimate of drug-likeness (QED) is 0.152. The van der Waals surface area contributed by atoms with Crippen LogP contribution in [-0.4, -0.2) is 35.1 Å². The van der Waals surface area contributed by atoms with Crippen LogP contribution in [0.5, 0.6) is 5.75 Å². The standard InChI is InChI=1S/C32H30N4O4S/c1-3-29(32(39)34-24-15-17-33-18-16-24)41-27-14-8-12-25(21-27)35-31(38)28(20-22-9-7-13-26(19-22)40-2)36-30(37)23-10-5-4-6-11-23/h4-21,29H,3H2,1-2H3,(H,35,38)(H,36,37)(H,33,34,39)/b28-20-. The van der Waals surface area contributed by atoms with Crippen molar-refractivity contribution >= 4 is 46.9 Å². The van der Waals surface area contributed by atoms with Crippen molar-refractivity contribution in [3.05, 3.63) is 120 Å². The first kappa shape index (κ1) is 29.1. The Labute approximate surface area is 243 Å². The van der Waals surface area contributed by atoms with Crippen LogP contribution in [0, 0.1) is 0 Å². The summed E-state index contributed by atoms with van der Waals surface area (Å²) in [5, 5.41) is 8.18. The number of carbonyl (C=O) groups is 3. The normalized spacial score (nSPS) is 11.7. The molecule has 4 rings (SSSR count). The highest BCUT2D eigenvalue weighted by Crippen LogP contribution is 2.29. The average molecular weight is 567 g/mol. The number of hydrogen-bond donors (Lipinski definition) is 3. The van der Waals surface area contributed by atoms with Gasteiger partial charge in [-0.3, -0.25) is 19.4 Å². The molecule has 0 saturated heterocycles. The third kappa shape index (κ3) is 8.55. The Balaban J connectivity index is 1.51. The van der Waals surface area contributed by atoms with Crippen LogP contribution in [0.4, 0.5) is 11.4 Å². The van der Waals surface area contributed by atoms with Crippen LogP contribution >= 0.6 is 11.8 Å². The largest absolute Gasteiger partial charge is 0.497 e. The Morgan fingerprint density at radius 3 is 2.37 bits per heavy atom. The van der Waals surface area contributed by atoms with E-state index >= 15 is 0 Å². The number of nitrogens with zero attached hydrogens (tertiary/aromatic N) is 1. The van der Waals surface area contributed by atoms with Crippen LogP contribution in [0.1, 0.15) is 29.3 Å². The highest BCUT2D eigenvalue weighted by atomic mass is 32.2. The molecular weight excluding hydrogens is 536 g/mol. The molecule has 208 valence electrons. The Hall–Kier alpha value is -4.89. The van der Waals surface area contributed by atoms with Crippen molar-refractivity contribution in [2.24, 2.45) is 0 Å². The number of amides is 3. The second kappa shape index (κ2) is 14.5. The third-order valence-electron chi connectivity index (χ3n) is 5.91. The van der Waals surface area contributed by atoms with Crippen LogP contribution in [0.2, 0.25) is 0 Å². The molecule has 4 aromatic rings. The van der Waals surface area contributed by atoms with E-state index in [0.29, 0.717) is 34.7 Å². The molecule has 0 bridgehead atoms. The van der Waals surface area contributed by atoms with E-state index in [1.807, 2.05) is 25.1 Å². The van der Waals surface area contributed by atoms with E-state index in [9.17, 15) is 14.4 Å². The number of nitrogens with one attached hydrogen (secondary N) is 3. The van der Waals surface area contributed by atoms with E-state index in [0.717, 1.165) is 4.90 Å². The van der Waals surface area contributed by atoms with Crippen LogP contribution in [0.25, 0.3) is 6.08 Å². The lowest BCUT2D eigenvalue weighted by Crippen LogP contribution is -2.30. The number of hydrogen-bond acceptors (Lipinski definition) is 6. The zero-order valence-electron chi connectivity index (χ0n) is 22.7. The Morgan fingerprint density at radius 2 is 1.63 bits per heavy atom. The fourth-order valence-corrected chi connectivity index (χ4v) is 4.84. The van der Waals surface area contributed by atoms with Crippen LogP contribution in [-0.2, 0) is 9.59 Å². The van der Waals surface area contributed by atoms with Gasteiger partial charge in [0.2, 0.25) is 5.91 Å². The monoisotopic (exact) mass is 566 g/mol. The molecule has 0 radical (unpaired) electrons. The second-order valence-corrected chi connectivity index (χ2v) is 10.2. The fourth-order valence-electron chi connectivity index (χ4n) is 3.83. The van der Waals surface area contributed by atoms with E-state index in [1.54, 1.807) is 98.4 Å². The maximum atomic E-state index is 13.4. The van der Waals surface area contributed by atoms with Crippen molar-refractivity contribution in [1.82, 2.24) is 10.3 Å². The second-order valence-electron chi connectivity index (χ2n) is 8.88. The molecule has 1 atom stereocenters. The lowest BCUT2D eigenvalue weighted by molar-refractivity contribution is -0.116. The van der Waals surface area contributed by atoms with Crippen molar-refractivity contribution in [2.45, 2.75) is 23.5 Å². The lowest BCUT2D eigenvalue weighted by Gasteiger charge is -2.16. The van der Waals surface area contributed by atoms with Crippen LogP contribution < -0.4 is 20.7 Å². The van der Waals surface area contributed by atoms with Gasteiger partial charge in [0.25, 0.3) is 11.8 Å². The number of methoxy groups -OCH3 is 1. The minimum atomic E-state index is -0.498. The van der Waals surface area contributed by atoms with Crippen molar-refractivity contribution < 1.29 is 19.1 Å². The van der Waals surface area contributed by atoms with Gasteiger partial charge in [0.15, 0.2) is 0 Å². The van der Waals surface area contributed by atoms with Gasteiger partial charge < -0.3 is 20.7 Å². The molecule has 3 amide bonds. The molecule has 3 N–H and O–H groups in total. The van der Waals surface area contributed by atoms with Crippen molar-refractivity contribution in [1.29, 1.82) is 0 Å². The summed E-state index contributed by atoms with van der Waals surface area (Å²) in [6.45, 7) is 1.94. The van der Waals surface area contributed by atoms with E-state index < -0.39 is 11.8 Å². The Morgan fingerprint density at radius 1 is 0.878 bits per heavy atom. The lowest BCUT2D eigenvalue weighted by atomic mass is 10.1. The molecule has 0 spiro atoms. The molecule has 1 aromatic heterocycles. The number of benzene rings is 3. The van der Waals surface area contributed by atoms with Crippen molar-refractivity contribution in [3.63, 3.8) is 0 Å². The number of ether oxygens (including phenoxy) is 1. The zero-order valence-corrected chi connectivity index (χ0v) is 23.5. The van der Waals surface area contributed by atoms with Gasteiger partial charge in [-0.25, -0.2) is 0 Å². The molecule has 41 heavy (non-hydrogen) atoms. The summed E-state index contributed by atoms with van der Waals surface area (Å²) >= 11 is 1.40. The highest BCUT2D eigenvalue weighted by Gasteiger charge is 2.19. The van der Waals surface area contributed by atoms with Crippen molar-refractivity contribution in [2.75, 3.05) is 17.7 Å². The molecule has 3 aromatic carbocycles. The van der Waals surface area contributed by atoms with Gasteiger partial charge in [-0.05, 0) is 72.7 Å². The Kier molecular flexibility index (Phi) is 10.3. The van der Waals surface area contributed by atoms with Gasteiger partial charge in [0.05, 0.1) is 12.4 Å². The van der Waals surface area contributed by atoms with Crippen molar-refractivity contribution in [3.8, 4) is 5.75 Å². The topological polar surface area (TPSA) is 109 Å². The first-order valence-corrected chi connectivity index (χ1v) is 13.8. The van der Waals surface area contributed by atoms with E-state index in [1.165, 1.54) is 11.8 Å². The molecule has 0 aliphatic rings. The number of pyridine rings is 1. The molecule has 8 nitrogen and oxygen atoms in total. The zero-order chi connectivity index (χ0) is 29.0. The van der Waals surface area contributed by atoms with Gasteiger partial charge in [0.1, 0.15) is 11.4 Å². The first-order chi connectivity index (χ1) is 19.9. The minimum Gasteiger partial charge on any atom is -0.497 e.